The van der Waals surface area contributed by atoms with Gasteiger partial charge in [0.05, 0.1) is 15.6 Å². The number of rotatable bonds is 11. The van der Waals surface area contributed by atoms with Crippen LogP contribution in [0.2, 0.25) is 5.02 Å². The molecule has 9 nitrogen and oxygen atoms in total. The van der Waals surface area contributed by atoms with Crippen LogP contribution in [-0.2, 0) is 14.3 Å². The number of hydrogen-bond acceptors (Lipinski definition) is 7. The summed E-state index contributed by atoms with van der Waals surface area (Å²) in [7, 11) is 0. The summed E-state index contributed by atoms with van der Waals surface area (Å²) in [5, 5.41) is 13.8. The number of Topliss-reactive ketones (excluding diaryl/α,β-unsaturated/α-hetero) is 1. The highest BCUT2D eigenvalue weighted by Gasteiger charge is 2.12. The minimum atomic E-state index is -0.581. The van der Waals surface area contributed by atoms with Crippen LogP contribution in [0, 0.1) is 10.1 Å². The summed E-state index contributed by atoms with van der Waals surface area (Å²) in [5.74, 6) is -0.414. The van der Waals surface area contributed by atoms with Gasteiger partial charge in [-0.05, 0) is 55.0 Å². The van der Waals surface area contributed by atoms with Gasteiger partial charge in [-0.3, -0.25) is 24.5 Å². The smallest absolute Gasteiger partial charge is 0.306 e. The third-order valence-corrected chi connectivity index (χ3v) is 5.09. The lowest BCUT2D eigenvalue weighted by molar-refractivity contribution is -0.384. The van der Waals surface area contributed by atoms with Crippen molar-refractivity contribution in [1.29, 1.82) is 0 Å². The zero-order valence-electron chi connectivity index (χ0n) is 18.4. The highest BCUT2D eigenvalue weighted by molar-refractivity contribution is 6.33. The fourth-order valence-corrected chi connectivity index (χ4v) is 3.13. The molecular weight excluding hydrogens is 476 g/mol. The molecule has 35 heavy (non-hydrogen) atoms. The van der Waals surface area contributed by atoms with E-state index in [0.29, 0.717) is 27.8 Å². The standard InChI is InChI=1S/C25H21ClN2O7/c26-21-4-1-2-5-22(21)27-24(30)6-3-7-25(31)34-16-23(29)17-8-12-19(13-9-17)35-20-14-10-18(11-15-20)28(32)33/h1-2,4-5,8-15H,3,6-7,16H2,(H,27,30). The number of amides is 1. The van der Waals surface area contributed by atoms with Crippen LogP contribution in [0.1, 0.15) is 29.6 Å². The highest BCUT2D eigenvalue weighted by atomic mass is 35.5. The maximum absolute atomic E-state index is 12.3. The molecule has 0 aliphatic rings. The van der Waals surface area contributed by atoms with Crippen molar-refractivity contribution < 1.29 is 28.8 Å². The fraction of sp³-hybridized carbons (Fsp3) is 0.160. The third-order valence-electron chi connectivity index (χ3n) is 4.76. The Morgan fingerprint density at radius 2 is 1.51 bits per heavy atom. The van der Waals surface area contributed by atoms with Crippen molar-refractivity contribution in [3.05, 3.63) is 93.5 Å². The molecule has 0 atom stereocenters. The average molecular weight is 497 g/mol. The molecule has 0 bridgehead atoms. The average Bonchev–Trinajstić information content (AvgIpc) is 2.85. The second kappa shape index (κ2) is 12.3. The number of carbonyl (C=O) groups is 3. The van der Waals surface area contributed by atoms with Crippen LogP contribution >= 0.6 is 11.6 Å². The van der Waals surface area contributed by atoms with Crippen molar-refractivity contribution in [2.75, 3.05) is 11.9 Å². The monoisotopic (exact) mass is 496 g/mol. The molecule has 0 aromatic heterocycles. The quantitative estimate of drug-likeness (QED) is 0.159. The molecular formula is C25H21ClN2O7. The topological polar surface area (TPSA) is 125 Å². The lowest BCUT2D eigenvalue weighted by atomic mass is 10.1. The van der Waals surface area contributed by atoms with Gasteiger partial charge in [-0.1, -0.05) is 23.7 Å². The number of carbonyl (C=O) groups excluding carboxylic acids is 3. The maximum atomic E-state index is 12.3. The zero-order valence-corrected chi connectivity index (χ0v) is 19.2. The van der Waals surface area contributed by atoms with E-state index in [9.17, 15) is 24.5 Å². The number of nitro benzene ring substituents is 1. The van der Waals surface area contributed by atoms with Crippen LogP contribution in [-0.4, -0.2) is 29.2 Å². The minimum absolute atomic E-state index is 0.00869. The van der Waals surface area contributed by atoms with E-state index in [-0.39, 0.29) is 30.9 Å². The van der Waals surface area contributed by atoms with E-state index in [0.717, 1.165) is 0 Å². The number of nitrogens with one attached hydrogen (secondary N) is 1. The Morgan fingerprint density at radius 3 is 2.14 bits per heavy atom. The number of ether oxygens (including phenoxy) is 2. The molecule has 3 aromatic carbocycles. The second-order valence-electron chi connectivity index (χ2n) is 7.34. The van der Waals surface area contributed by atoms with Crippen molar-refractivity contribution >= 4 is 40.6 Å². The number of halogens is 1. The summed E-state index contributed by atoms with van der Waals surface area (Å²) < 4.78 is 10.6. The van der Waals surface area contributed by atoms with Crippen LogP contribution < -0.4 is 10.1 Å². The molecule has 0 unspecified atom stereocenters. The molecule has 180 valence electrons. The maximum Gasteiger partial charge on any atom is 0.306 e. The molecule has 1 N–H and O–H groups in total. The number of nitro groups is 1. The van der Waals surface area contributed by atoms with Crippen molar-refractivity contribution in [1.82, 2.24) is 0 Å². The molecule has 1 amide bonds. The summed E-state index contributed by atoms with van der Waals surface area (Å²) in [5.41, 5.74) is 0.776. The summed E-state index contributed by atoms with van der Waals surface area (Å²) in [6.45, 7) is -0.423. The lowest BCUT2D eigenvalue weighted by Crippen LogP contribution is -2.15. The molecule has 3 aromatic rings. The first kappa shape index (κ1) is 25.4. The van der Waals surface area contributed by atoms with Gasteiger partial charge in [0.1, 0.15) is 11.5 Å². The summed E-state index contributed by atoms with van der Waals surface area (Å²) >= 11 is 5.99. The summed E-state index contributed by atoms with van der Waals surface area (Å²) in [6.07, 6.45) is 0.355. The predicted molar refractivity (Wildman–Crippen MR) is 129 cm³/mol. The largest absolute Gasteiger partial charge is 0.457 e. The molecule has 0 spiro atoms. The number of nitrogens with zero attached hydrogens (tertiary/aromatic N) is 1. The van der Waals surface area contributed by atoms with Crippen molar-refractivity contribution in [3.63, 3.8) is 0 Å². The van der Waals surface area contributed by atoms with Gasteiger partial charge in [-0.25, -0.2) is 0 Å². The molecule has 0 saturated carbocycles. The molecule has 0 aliphatic carbocycles. The van der Waals surface area contributed by atoms with Gasteiger partial charge in [0, 0.05) is 30.5 Å². The van der Waals surface area contributed by atoms with Gasteiger partial charge in [-0.15, -0.1) is 0 Å². The Kier molecular flexibility index (Phi) is 8.91. The lowest BCUT2D eigenvalue weighted by Gasteiger charge is -2.08. The Labute approximate surface area is 205 Å². The van der Waals surface area contributed by atoms with E-state index < -0.39 is 23.3 Å². The Morgan fingerprint density at radius 1 is 0.886 bits per heavy atom. The van der Waals surface area contributed by atoms with E-state index in [2.05, 4.69) is 5.32 Å². The number of anilines is 1. The molecule has 0 aliphatic heterocycles. The molecule has 0 radical (unpaired) electrons. The van der Waals surface area contributed by atoms with Gasteiger partial charge in [0.25, 0.3) is 5.69 Å². The number of para-hydroxylation sites is 1. The fourth-order valence-electron chi connectivity index (χ4n) is 2.95. The summed E-state index contributed by atoms with van der Waals surface area (Å²) in [4.78, 5) is 46.3. The SMILES string of the molecule is O=C(CCCC(=O)OCC(=O)c1ccc(Oc2ccc([N+](=O)[O-])cc2)cc1)Nc1ccccc1Cl. The van der Waals surface area contributed by atoms with E-state index in [4.69, 9.17) is 21.1 Å². The predicted octanol–water partition coefficient (Wildman–Crippen LogP) is 5.58. The molecule has 0 saturated heterocycles. The van der Waals surface area contributed by atoms with Crippen LogP contribution in [0.4, 0.5) is 11.4 Å². The van der Waals surface area contributed by atoms with E-state index >= 15 is 0 Å². The molecule has 10 heteroatoms. The van der Waals surface area contributed by atoms with E-state index in [1.165, 1.54) is 36.4 Å². The van der Waals surface area contributed by atoms with Crippen molar-refractivity contribution in [2.45, 2.75) is 19.3 Å². The number of non-ortho nitro benzene ring substituents is 1. The van der Waals surface area contributed by atoms with Gasteiger partial charge >= 0.3 is 5.97 Å². The van der Waals surface area contributed by atoms with Crippen molar-refractivity contribution in [2.24, 2.45) is 0 Å². The van der Waals surface area contributed by atoms with E-state index in [1.807, 2.05) is 0 Å². The number of esters is 1. The normalized spacial score (nSPS) is 10.3. The van der Waals surface area contributed by atoms with Gasteiger partial charge in [-0.2, -0.15) is 0 Å². The third kappa shape index (κ3) is 7.94. The summed E-state index contributed by atoms with van der Waals surface area (Å²) in [6, 6.07) is 18.6. The van der Waals surface area contributed by atoms with Gasteiger partial charge in [0.15, 0.2) is 12.4 Å². The van der Waals surface area contributed by atoms with Crippen LogP contribution in [0.15, 0.2) is 72.8 Å². The van der Waals surface area contributed by atoms with Crippen LogP contribution in [0.3, 0.4) is 0 Å². The first-order chi connectivity index (χ1) is 16.8. The number of benzene rings is 3. The van der Waals surface area contributed by atoms with Gasteiger partial charge in [0.2, 0.25) is 5.91 Å². The Hall–Kier alpha value is -4.24. The second-order valence-corrected chi connectivity index (χ2v) is 7.75. The minimum Gasteiger partial charge on any atom is -0.457 e. The molecule has 3 rings (SSSR count). The number of ketones is 1. The molecule has 0 fully saturated rings. The van der Waals surface area contributed by atoms with E-state index in [1.54, 1.807) is 36.4 Å². The van der Waals surface area contributed by atoms with Crippen molar-refractivity contribution in [3.8, 4) is 11.5 Å². The first-order valence-corrected chi connectivity index (χ1v) is 10.9. The Balaban J connectivity index is 1.38. The Bertz CT molecular complexity index is 1210. The molecule has 0 heterocycles. The highest BCUT2D eigenvalue weighted by Crippen LogP contribution is 2.24. The number of hydrogen-bond donors (Lipinski definition) is 1. The van der Waals surface area contributed by atoms with Gasteiger partial charge < -0.3 is 14.8 Å². The van der Waals surface area contributed by atoms with Crippen LogP contribution in [0.5, 0.6) is 11.5 Å². The first-order valence-electron chi connectivity index (χ1n) is 10.6. The van der Waals surface area contributed by atoms with Crippen LogP contribution in [0.25, 0.3) is 0 Å². The zero-order chi connectivity index (χ0) is 25.2.